The molecule has 0 spiro atoms. The average molecular weight is 263 g/mol. The van der Waals surface area contributed by atoms with Crippen molar-refractivity contribution in [1.29, 1.82) is 0 Å². The van der Waals surface area contributed by atoms with Gasteiger partial charge in [-0.2, -0.15) is 10.2 Å². The fraction of sp³-hybridized carbons (Fsp3) is 0.417. The molecule has 2 aromatic heterocycles. The zero-order chi connectivity index (χ0) is 13.7. The van der Waals surface area contributed by atoms with Crippen LogP contribution in [0.2, 0.25) is 0 Å². The Morgan fingerprint density at radius 1 is 1.26 bits per heavy atom. The van der Waals surface area contributed by atoms with Gasteiger partial charge in [0.15, 0.2) is 6.29 Å². The molecule has 7 heteroatoms. The molecular weight excluding hydrogens is 246 g/mol. The number of aromatic nitrogens is 4. The second-order valence-electron chi connectivity index (χ2n) is 4.01. The highest BCUT2D eigenvalue weighted by molar-refractivity contribution is 5.63. The van der Waals surface area contributed by atoms with Crippen LogP contribution < -0.4 is 5.32 Å². The Balaban J connectivity index is 2.07. The predicted octanol–water partition coefficient (Wildman–Crippen LogP) is 0.908. The SMILES string of the molecule is COC(CNc1cc(-c2cnn(C)c2)cnn1)OC. The summed E-state index contributed by atoms with van der Waals surface area (Å²) in [6.45, 7) is 0.498. The second kappa shape index (κ2) is 6.26. The average Bonchev–Trinajstić information content (AvgIpc) is 2.87. The number of anilines is 1. The fourth-order valence-corrected chi connectivity index (χ4v) is 1.63. The molecule has 0 amide bonds. The van der Waals surface area contributed by atoms with Crippen molar-refractivity contribution in [1.82, 2.24) is 20.0 Å². The van der Waals surface area contributed by atoms with Crippen molar-refractivity contribution in [3.8, 4) is 11.1 Å². The van der Waals surface area contributed by atoms with E-state index in [1.54, 1.807) is 31.3 Å². The van der Waals surface area contributed by atoms with Crippen LogP contribution in [0.25, 0.3) is 11.1 Å². The van der Waals surface area contributed by atoms with Gasteiger partial charge in [-0.05, 0) is 6.07 Å². The van der Waals surface area contributed by atoms with E-state index in [9.17, 15) is 0 Å². The lowest BCUT2D eigenvalue weighted by Crippen LogP contribution is -2.24. The Morgan fingerprint density at radius 2 is 2.05 bits per heavy atom. The van der Waals surface area contributed by atoms with Gasteiger partial charge in [0.25, 0.3) is 0 Å². The summed E-state index contributed by atoms with van der Waals surface area (Å²) in [5.74, 6) is 0.667. The van der Waals surface area contributed by atoms with Gasteiger partial charge < -0.3 is 14.8 Å². The molecule has 0 saturated carbocycles. The summed E-state index contributed by atoms with van der Waals surface area (Å²) >= 11 is 0. The van der Waals surface area contributed by atoms with Crippen LogP contribution in [0.15, 0.2) is 24.7 Å². The number of nitrogens with zero attached hydrogens (tertiary/aromatic N) is 4. The van der Waals surface area contributed by atoms with Crippen LogP contribution in [0.1, 0.15) is 0 Å². The number of ether oxygens (including phenoxy) is 2. The summed E-state index contributed by atoms with van der Waals surface area (Å²) in [5.41, 5.74) is 1.95. The lowest BCUT2D eigenvalue weighted by Gasteiger charge is -2.14. The Morgan fingerprint density at radius 3 is 2.68 bits per heavy atom. The molecule has 0 bridgehead atoms. The minimum Gasteiger partial charge on any atom is -0.363 e. The summed E-state index contributed by atoms with van der Waals surface area (Å²) in [4.78, 5) is 0. The predicted molar refractivity (Wildman–Crippen MR) is 70.5 cm³/mol. The quantitative estimate of drug-likeness (QED) is 0.781. The lowest BCUT2D eigenvalue weighted by molar-refractivity contribution is -0.0914. The largest absolute Gasteiger partial charge is 0.363 e. The fourth-order valence-electron chi connectivity index (χ4n) is 1.63. The van der Waals surface area contributed by atoms with Crippen LogP contribution in [0.3, 0.4) is 0 Å². The standard InChI is InChI=1S/C12H17N5O2/c1-17-8-10(6-15-17)9-4-11(16-14-5-9)13-7-12(18-2)19-3/h4-6,8,12H,7H2,1-3H3,(H,13,16). The van der Waals surface area contributed by atoms with E-state index in [2.05, 4.69) is 20.6 Å². The van der Waals surface area contributed by atoms with E-state index in [-0.39, 0.29) is 6.29 Å². The highest BCUT2D eigenvalue weighted by Crippen LogP contribution is 2.19. The van der Waals surface area contributed by atoms with Crippen LogP contribution in [-0.2, 0) is 16.5 Å². The molecule has 0 aromatic carbocycles. The lowest BCUT2D eigenvalue weighted by atomic mass is 10.2. The maximum absolute atomic E-state index is 5.09. The summed E-state index contributed by atoms with van der Waals surface area (Å²) in [7, 11) is 5.06. The number of methoxy groups -OCH3 is 2. The molecule has 2 heterocycles. The van der Waals surface area contributed by atoms with Crippen molar-refractivity contribution in [2.75, 3.05) is 26.1 Å². The number of aryl methyl sites for hydroxylation is 1. The molecule has 0 saturated heterocycles. The number of hydrogen-bond acceptors (Lipinski definition) is 6. The van der Waals surface area contributed by atoms with E-state index in [4.69, 9.17) is 9.47 Å². The van der Waals surface area contributed by atoms with E-state index in [0.29, 0.717) is 12.4 Å². The third-order valence-electron chi connectivity index (χ3n) is 2.67. The van der Waals surface area contributed by atoms with Crippen LogP contribution in [-0.4, -0.2) is 47.0 Å². The highest BCUT2D eigenvalue weighted by atomic mass is 16.7. The molecule has 0 aliphatic carbocycles. The van der Waals surface area contributed by atoms with Gasteiger partial charge in [0, 0.05) is 38.6 Å². The van der Waals surface area contributed by atoms with Crippen molar-refractivity contribution in [3.63, 3.8) is 0 Å². The molecule has 2 aromatic rings. The summed E-state index contributed by atoms with van der Waals surface area (Å²) < 4.78 is 11.9. The van der Waals surface area contributed by atoms with E-state index < -0.39 is 0 Å². The Hall–Kier alpha value is -1.99. The van der Waals surface area contributed by atoms with Crippen molar-refractivity contribution < 1.29 is 9.47 Å². The molecule has 0 aliphatic heterocycles. The first-order chi connectivity index (χ1) is 9.22. The molecule has 1 N–H and O–H groups in total. The number of hydrogen-bond donors (Lipinski definition) is 1. The van der Waals surface area contributed by atoms with Gasteiger partial charge in [0.05, 0.1) is 18.9 Å². The third-order valence-corrected chi connectivity index (χ3v) is 2.67. The minimum absolute atomic E-state index is 0.316. The molecule has 19 heavy (non-hydrogen) atoms. The molecule has 2 rings (SSSR count). The number of rotatable bonds is 6. The van der Waals surface area contributed by atoms with Crippen LogP contribution in [0, 0.1) is 0 Å². The Bertz CT molecular complexity index is 524. The number of nitrogens with one attached hydrogen (secondary N) is 1. The van der Waals surface area contributed by atoms with Crippen LogP contribution in [0.5, 0.6) is 0 Å². The van der Waals surface area contributed by atoms with Gasteiger partial charge in [-0.1, -0.05) is 0 Å². The third kappa shape index (κ3) is 3.49. The molecule has 0 atom stereocenters. The van der Waals surface area contributed by atoms with Gasteiger partial charge in [0.2, 0.25) is 0 Å². The summed E-state index contributed by atoms with van der Waals surface area (Å²) in [6, 6.07) is 1.91. The first-order valence-electron chi connectivity index (χ1n) is 5.84. The highest BCUT2D eigenvalue weighted by Gasteiger charge is 2.07. The first kappa shape index (κ1) is 13.4. The van der Waals surface area contributed by atoms with Crippen molar-refractivity contribution in [3.05, 3.63) is 24.7 Å². The van der Waals surface area contributed by atoms with E-state index in [1.165, 1.54) is 0 Å². The Labute approximate surface area is 111 Å². The first-order valence-corrected chi connectivity index (χ1v) is 5.84. The maximum Gasteiger partial charge on any atom is 0.173 e. The topological polar surface area (TPSA) is 74.1 Å². The maximum atomic E-state index is 5.09. The van der Waals surface area contributed by atoms with E-state index in [1.807, 2.05) is 19.3 Å². The molecule has 0 aliphatic rings. The van der Waals surface area contributed by atoms with Crippen molar-refractivity contribution >= 4 is 5.82 Å². The van der Waals surface area contributed by atoms with Crippen LogP contribution in [0.4, 0.5) is 5.82 Å². The summed E-state index contributed by atoms with van der Waals surface area (Å²) in [5, 5.41) is 15.2. The molecule has 102 valence electrons. The van der Waals surface area contributed by atoms with Crippen LogP contribution >= 0.6 is 0 Å². The minimum atomic E-state index is -0.316. The monoisotopic (exact) mass is 263 g/mol. The molecule has 7 nitrogen and oxygen atoms in total. The van der Waals surface area contributed by atoms with Gasteiger partial charge >= 0.3 is 0 Å². The Kier molecular flexibility index (Phi) is 4.43. The molecule has 0 unspecified atom stereocenters. The van der Waals surface area contributed by atoms with Gasteiger partial charge in [-0.25, -0.2) is 0 Å². The van der Waals surface area contributed by atoms with Crippen molar-refractivity contribution in [2.45, 2.75) is 6.29 Å². The van der Waals surface area contributed by atoms with Gasteiger partial charge in [0.1, 0.15) is 5.82 Å². The summed E-state index contributed by atoms with van der Waals surface area (Å²) in [6.07, 6.45) is 5.09. The van der Waals surface area contributed by atoms with E-state index >= 15 is 0 Å². The molecule has 0 fully saturated rings. The smallest absolute Gasteiger partial charge is 0.173 e. The van der Waals surface area contributed by atoms with Gasteiger partial charge in [-0.3, -0.25) is 4.68 Å². The molecule has 0 radical (unpaired) electrons. The second-order valence-corrected chi connectivity index (χ2v) is 4.01. The van der Waals surface area contributed by atoms with Gasteiger partial charge in [-0.15, -0.1) is 5.10 Å². The zero-order valence-electron chi connectivity index (χ0n) is 11.2. The van der Waals surface area contributed by atoms with E-state index in [0.717, 1.165) is 11.1 Å². The normalized spacial score (nSPS) is 10.9. The zero-order valence-corrected chi connectivity index (χ0v) is 11.2. The van der Waals surface area contributed by atoms with Crippen molar-refractivity contribution in [2.24, 2.45) is 7.05 Å². The molecular formula is C12H17N5O2.